The van der Waals surface area contributed by atoms with Crippen molar-refractivity contribution in [2.24, 2.45) is 12.9 Å². The third-order valence-electron chi connectivity index (χ3n) is 2.71. The van der Waals surface area contributed by atoms with Gasteiger partial charge in [0.05, 0.1) is 11.7 Å². The summed E-state index contributed by atoms with van der Waals surface area (Å²) in [6.45, 7) is -2.85. The molecule has 1 atom stereocenters. The van der Waals surface area contributed by atoms with Crippen LogP contribution in [0.15, 0.2) is 28.9 Å². The first-order valence-electron chi connectivity index (χ1n) is 5.59. The average molecular weight is 348 g/mol. The fourth-order valence-electron chi connectivity index (χ4n) is 1.82. The molecule has 0 fully saturated rings. The zero-order valence-electron chi connectivity index (χ0n) is 10.4. The van der Waals surface area contributed by atoms with E-state index < -0.39 is 6.61 Å². The Morgan fingerprint density at radius 1 is 1.35 bits per heavy atom. The number of nitrogens with zero attached hydrogens (tertiary/aromatic N) is 3. The average Bonchev–Trinajstić information content (AvgIpc) is 2.73. The maximum absolute atomic E-state index is 12.1. The molecule has 0 spiro atoms. The number of aromatic nitrogens is 3. The van der Waals surface area contributed by atoms with Gasteiger partial charge < -0.3 is 4.74 Å². The van der Waals surface area contributed by atoms with Crippen molar-refractivity contribution in [1.29, 1.82) is 0 Å². The Bertz CT molecular complexity index is 555. The number of nitrogens with one attached hydrogen (secondary N) is 1. The van der Waals surface area contributed by atoms with E-state index in [2.05, 4.69) is 36.4 Å². The van der Waals surface area contributed by atoms with Crippen molar-refractivity contribution in [3.8, 4) is 5.75 Å². The number of aryl methyl sites for hydroxylation is 1. The van der Waals surface area contributed by atoms with Gasteiger partial charge in [-0.1, -0.05) is 17.3 Å². The second-order valence-electron chi connectivity index (χ2n) is 3.94. The van der Waals surface area contributed by atoms with E-state index in [-0.39, 0.29) is 11.8 Å². The van der Waals surface area contributed by atoms with Crippen molar-refractivity contribution >= 4 is 15.9 Å². The lowest BCUT2D eigenvalue weighted by atomic mass is 10.0. The molecule has 0 saturated carbocycles. The van der Waals surface area contributed by atoms with E-state index >= 15 is 0 Å². The van der Waals surface area contributed by atoms with Crippen LogP contribution < -0.4 is 16.0 Å². The molecule has 0 saturated heterocycles. The van der Waals surface area contributed by atoms with Crippen molar-refractivity contribution < 1.29 is 13.5 Å². The Balaban J connectivity index is 2.29. The molecule has 1 aromatic carbocycles. The van der Waals surface area contributed by atoms with E-state index in [4.69, 9.17) is 5.84 Å². The van der Waals surface area contributed by atoms with Gasteiger partial charge in [-0.3, -0.25) is 5.84 Å². The molecular formula is C11H12BrF2N5O. The van der Waals surface area contributed by atoms with Crippen molar-refractivity contribution in [3.63, 3.8) is 0 Å². The minimum Gasteiger partial charge on any atom is -0.435 e. The van der Waals surface area contributed by atoms with Crippen LogP contribution in [0, 0.1) is 0 Å². The predicted molar refractivity (Wildman–Crippen MR) is 70.9 cm³/mol. The molecule has 1 heterocycles. The van der Waals surface area contributed by atoms with Gasteiger partial charge in [-0.25, -0.2) is 10.1 Å². The van der Waals surface area contributed by atoms with E-state index in [1.54, 1.807) is 23.9 Å². The number of ether oxygens (including phenoxy) is 1. The minimum absolute atomic E-state index is 0.0849. The summed E-state index contributed by atoms with van der Waals surface area (Å²) in [6.07, 6.45) is 0. The minimum atomic E-state index is -2.85. The molecule has 1 unspecified atom stereocenters. The summed E-state index contributed by atoms with van der Waals surface area (Å²) in [5.41, 5.74) is 4.12. The van der Waals surface area contributed by atoms with E-state index in [0.717, 1.165) is 11.3 Å². The first-order valence-corrected chi connectivity index (χ1v) is 6.38. The molecule has 0 aliphatic heterocycles. The van der Waals surface area contributed by atoms with Gasteiger partial charge in [0.1, 0.15) is 5.75 Å². The molecule has 0 radical (unpaired) electrons. The van der Waals surface area contributed by atoms with E-state index in [1.165, 1.54) is 12.1 Å². The summed E-state index contributed by atoms with van der Waals surface area (Å²) >= 11 is 3.29. The quantitative estimate of drug-likeness (QED) is 0.636. The van der Waals surface area contributed by atoms with E-state index in [0.29, 0.717) is 4.60 Å². The smallest absolute Gasteiger partial charge is 0.387 e. The zero-order chi connectivity index (χ0) is 14.7. The normalized spacial score (nSPS) is 12.7. The van der Waals surface area contributed by atoms with Crippen molar-refractivity contribution in [3.05, 3.63) is 40.1 Å². The largest absolute Gasteiger partial charge is 0.435 e. The van der Waals surface area contributed by atoms with Gasteiger partial charge in [-0.15, -0.1) is 5.10 Å². The zero-order valence-corrected chi connectivity index (χ0v) is 12.0. The van der Waals surface area contributed by atoms with Crippen LogP contribution in [0.1, 0.15) is 17.3 Å². The molecule has 2 aromatic rings. The molecule has 3 N–H and O–H groups in total. The summed E-state index contributed by atoms with van der Waals surface area (Å²) in [5.74, 6) is 5.65. The molecule has 6 nitrogen and oxygen atoms in total. The Morgan fingerprint density at radius 2 is 2.00 bits per heavy atom. The van der Waals surface area contributed by atoms with Crippen LogP contribution >= 0.6 is 15.9 Å². The van der Waals surface area contributed by atoms with Gasteiger partial charge in [-0.05, 0) is 33.6 Å². The number of benzene rings is 1. The molecule has 2 rings (SSSR count). The first kappa shape index (κ1) is 14.8. The highest BCUT2D eigenvalue weighted by Crippen LogP contribution is 2.27. The van der Waals surface area contributed by atoms with Crippen LogP contribution in [0.4, 0.5) is 8.78 Å². The van der Waals surface area contributed by atoms with Crippen molar-refractivity contribution in [2.75, 3.05) is 0 Å². The van der Waals surface area contributed by atoms with Gasteiger partial charge in [0.2, 0.25) is 0 Å². The molecule has 1 aromatic heterocycles. The fraction of sp³-hybridized carbons (Fsp3) is 0.273. The predicted octanol–water partition coefficient (Wildman–Crippen LogP) is 1.73. The maximum atomic E-state index is 12.1. The number of rotatable bonds is 5. The molecule has 0 amide bonds. The molecule has 0 aliphatic rings. The van der Waals surface area contributed by atoms with E-state index in [9.17, 15) is 8.78 Å². The highest BCUT2D eigenvalue weighted by molar-refractivity contribution is 9.10. The van der Waals surface area contributed by atoms with Gasteiger partial charge in [0.15, 0.2) is 4.60 Å². The molecule has 108 valence electrons. The number of hydrogen-bond donors (Lipinski definition) is 2. The summed E-state index contributed by atoms with van der Waals surface area (Å²) in [4.78, 5) is 0. The number of hydrogen-bond acceptors (Lipinski definition) is 5. The van der Waals surface area contributed by atoms with Crippen LogP contribution in [0.25, 0.3) is 0 Å². The Morgan fingerprint density at radius 3 is 2.45 bits per heavy atom. The van der Waals surface area contributed by atoms with Crippen LogP contribution in [-0.2, 0) is 7.05 Å². The SMILES string of the molecule is Cn1nnc(Br)c1C(NN)c1ccc(OC(F)F)cc1. The third kappa shape index (κ3) is 3.11. The second-order valence-corrected chi connectivity index (χ2v) is 4.69. The first-order chi connectivity index (χ1) is 9.52. The highest BCUT2D eigenvalue weighted by Gasteiger charge is 2.21. The Hall–Kier alpha value is -1.58. The standard InChI is InChI=1S/C11H12BrF2N5O/c1-19-9(10(12)17-18-19)8(16-15)6-2-4-7(5-3-6)20-11(13)14/h2-5,8,11,16H,15H2,1H3. The maximum Gasteiger partial charge on any atom is 0.387 e. The van der Waals surface area contributed by atoms with Gasteiger partial charge in [-0.2, -0.15) is 8.78 Å². The summed E-state index contributed by atoms with van der Waals surface area (Å²) in [6, 6.07) is 5.79. The molecule has 0 bridgehead atoms. The van der Waals surface area contributed by atoms with Crippen LogP contribution in [0.3, 0.4) is 0 Å². The van der Waals surface area contributed by atoms with Gasteiger partial charge in [0.25, 0.3) is 0 Å². The second kappa shape index (κ2) is 6.25. The number of nitrogens with two attached hydrogens (primary N) is 1. The summed E-state index contributed by atoms with van der Waals surface area (Å²) in [5, 5.41) is 7.75. The summed E-state index contributed by atoms with van der Waals surface area (Å²) in [7, 11) is 1.73. The lowest BCUT2D eigenvalue weighted by molar-refractivity contribution is -0.0498. The number of hydrazine groups is 1. The number of halogens is 3. The highest BCUT2D eigenvalue weighted by atomic mass is 79.9. The lowest BCUT2D eigenvalue weighted by Crippen LogP contribution is -2.30. The molecule has 9 heteroatoms. The summed E-state index contributed by atoms with van der Waals surface area (Å²) < 4.78 is 30.6. The monoisotopic (exact) mass is 347 g/mol. The van der Waals surface area contributed by atoms with Crippen LogP contribution in [0.2, 0.25) is 0 Å². The van der Waals surface area contributed by atoms with Gasteiger partial charge >= 0.3 is 6.61 Å². The topological polar surface area (TPSA) is 78.0 Å². The van der Waals surface area contributed by atoms with Crippen molar-refractivity contribution in [1.82, 2.24) is 20.4 Å². The number of alkyl halides is 2. The van der Waals surface area contributed by atoms with Gasteiger partial charge in [0, 0.05) is 7.05 Å². The Kier molecular flexibility index (Phi) is 4.63. The lowest BCUT2D eigenvalue weighted by Gasteiger charge is -2.17. The van der Waals surface area contributed by atoms with E-state index in [1.807, 2.05) is 0 Å². The molecule has 20 heavy (non-hydrogen) atoms. The van der Waals surface area contributed by atoms with Crippen LogP contribution in [-0.4, -0.2) is 21.6 Å². The molecular weight excluding hydrogens is 336 g/mol. The Labute approximate surface area is 122 Å². The third-order valence-corrected chi connectivity index (χ3v) is 3.27. The molecule has 0 aliphatic carbocycles. The fourth-order valence-corrected chi connectivity index (χ4v) is 2.38. The van der Waals surface area contributed by atoms with Crippen LogP contribution in [0.5, 0.6) is 5.75 Å². The van der Waals surface area contributed by atoms with Crippen molar-refractivity contribution in [2.45, 2.75) is 12.7 Å².